The van der Waals surface area contributed by atoms with E-state index in [9.17, 15) is 13.2 Å². The molecule has 1 N–H and O–H groups in total. The number of benzene rings is 1. The SMILES string of the molecule is COc1ccc(Cl)cc1NC(=O)c1cc(C2CC2)nc2c1c(C)nn2C1CCS(=O)(=O)C1. The normalized spacial score (nSPS) is 19.9. The average molecular weight is 475 g/mol. The molecular weight excluding hydrogens is 452 g/mol. The van der Waals surface area contributed by atoms with Crippen LogP contribution in [-0.2, 0) is 9.84 Å². The number of rotatable bonds is 5. The Morgan fingerprint density at radius 3 is 2.69 bits per heavy atom. The number of fused-ring (bicyclic) bond motifs is 1. The number of carbonyl (C=O) groups excluding carboxylic acids is 1. The summed E-state index contributed by atoms with van der Waals surface area (Å²) in [6, 6.07) is 6.58. The van der Waals surface area contributed by atoms with Gasteiger partial charge >= 0.3 is 0 Å². The van der Waals surface area contributed by atoms with Crippen LogP contribution in [-0.4, -0.2) is 47.7 Å². The zero-order chi connectivity index (χ0) is 22.6. The Balaban J connectivity index is 1.61. The van der Waals surface area contributed by atoms with Crippen LogP contribution >= 0.6 is 11.6 Å². The molecule has 1 aromatic carbocycles. The van der Waals surface area contributed by atoms with E-state index < -0.39 is 9.84 Å². The lowest BCUT2D eigenvalue weighted by Crippen LogP contribution is -2.16. The molecule has 1 saturated heterocycles. The van der Waals surface area contributed by atoms with Gasteiger partial charge in [-0.3, -0.25) is 4.79 Å². The first-order valence-electron chi connectivity index (χ1n) is 10.5. The summed E-state index contributed by atoms with van der Waals surface area (Å²) >= 11 is 6.12. The van der Waals surface area contributed by atoms with Crippen LogP contribution in [0.3, 0.4) is 0 Å². The predicted molar refractivity (Wildman–Crippen MR) is 123 cm³/mol. The number of carbonyl (C=O) groups is 1. The Kier molecular flexibility index (Phi) is 5.13. The second-order valence-electron chi connectivity index (χ2n) is 8.45. The van der Waals surface area contributed by atoms with Crippen molar-refractivity contribution < 1.29 is 17.9 Å². The van der Waals surface area contributed by atoms with Crippen molar-refractivity contribution in [2.45, 2.75) is 38.1 Å². The number of anilines is 1. The highest BCUT2D eigenvalue weighted by Gasteiger charge is 2.34. The van der Waals surface area contributed by atoms with E-state index >= 15 is 0 Å². The van der Waals surface area contributed by atoms with Gasteiger partial charge < -0.3 is 10.1 Å². The molecule has 32 heavy (non-hydrogen) atoms. The van der Waals surface area contributed by atoms with Gasteiger partial charge in [-0.2, -0.15) is 5.10 Å². The van der Waals surface area contributed by atoms with E-state index in [2.05, 4.69) is 10.4 Å². The molecule has 1 amide bonds. The third kappa shape index (κ3) is 3.84. The molecule has 8 nitrogen and oxygen atoms in total. The van der Waals surface area contributed by atoms with Gasteiger partial charge in [0.05, 0.1) is 47.0 Å². The van der Waals surface area contributed by atoms with Gasteiger partial charge in [0.15, 0.2) is 15.5 Å². The summed E-state index contributed by atoms with van der Waals surface area (Å²) in [5, 5.41) is 8.64. The molecule has 2 aromatic heterocycles. The number of halogens is 1. The van der Waals surface area contributed by atoms with Gasteiger partial charge in [-0.05, 0) is 50.5 Å². The van der Waals surface area contributed by atoms with Gasteiger partial charge in [-0.25, -0.2) is 18.1 Å². The number of hydrogen-bond donors (Lipinski definition) is 1. The number of pyridine rings is 1. The second kappa shape index (κ2) is 7.74. The number of ether oxygens (including phenoxy) is 1. The average Bonchev–Trinajstić information content (AvgIpc) is 3.46. The highest BCUT2D eigenvalue weighted by molar-refractivity contribution is 7.91. The predicted octanol–water partition coefficient (Wildman–Crippen LogP) is 3.89. The van der Waals surface area contributed by atoms with Crippen molar-refractivity contribution in [2.75, 3.05) is 23.9 Å². The van der Waals surface area contributed by atoms with E-state index in [0.29, 0.717) is 51.1 Å². The number of sulfone groups is 1. The molecule has 5 rings (SSSR count). The van der Waals surface area contributed by atoms with Gasteiger partial charge in [0.1, 0.15) is 5.75 Å². The van der Waals surface area contributed by atoms with Crippen LogP contribution in [0.15, 0.2) is 24.3 Å². The van der Waals surface area contributed by atoms with E-state index in [1.54, 1.807) is 22.9 Å². The maximum atomic E-state index is 13.4. The number of nitrogens with one attached hydrogen (secondary N) is 1. The van der Waals surface area contributed by atoms with Crippen molar-refractivity contribution >= 4 is 44.1 Å². The van der Waals surface area contributed by atoms with Crippen LogP contribution in [0.1, 0.15) is 53.0 Å². The molecule has 1 unspecified atom stereocenters. The van der Waals surface area contributed by atoms with Crippen LogP contribution in [0.4, 0.5) is 5.69 Å². The fourth-order valence-electron chi connectivity index (χ4n) is 4.29. The summed E-state index contributed by atoms with van der Waals surface area (Å²) in [4.78, 5) is 18.2. The molecule has 0 bridgehead atoms. The zero-order valence-electron chi connectivity index (χ0n) is 17.8. The van der Waals surface area contributed by atoms with Crippen molar-refractivity contribution in [1.29, 1.82) is 0 Å². The maximum absolute atomic E-state index is 13.4. The minimum atomic E-state index is -3.09. The van der Waals surface area contributed by atoms with Crippen molar-refractivity contribution in [3.63, 3.8) is 0 Å². The highest BCUT2D eigenvalue weighted by atomic mass is 35.5. The fourth-order valence-corrected chi connectivity index (χ4v) is 6.15. The zero-order valence-corrected chi connectivity index (χ0v) is 19.3. The summed E-state index contributed by atoms with van der Waals surface area (Å²) in [5.41, 5.74) is 2.97. The Morgan fingerprint density at radius 2 is 2.03 bits per heavy atom. The minimum Gasteiger partial charge on any atom is -0.495 e. The summed E-state index contributed by atoms with van der Waals surface area (Å²) in [6.07, 6.45) is 2.54. The van der Waals surface area contributed by atoms with Crippen molar-refractivity contribution in [2.24, 2.45) is 0 Å². The van der Waals surface area contributed by atoms with Crippen LogP contribution < -0.4 is 10.1 Å². The molecule has 2 aliphatic rings. The molecule has 1 aliphatic carbocycles. The lowest BCUT2D eigenvalue weighted by molar-refractivity contribution is 0.102. The van der Waals surface area contributed by atoms with E-state index in [1.807, 2.05) is 13.0 Å². The van der Waals surface area contributed by atoms with Gasteiger partial charge in [0.2, 0.25) is 0 Å². The molecule has 3 heterocycles. The molecule has 0 radical (unpaired) electrons. The fraction of sp³-hybridized carbons (Fsp3) is 0.409. The van der Waals surface area contributed by atoms with Crippen molar-refractivity contribution in [3.05, 3.63) is 46.2 Å². The molecule has 168 valence electrons. The maximum Gasteiger partial charge on any atom is 0.256 e. The van der Waals surface area contributed by atoms with Crippen molar-refractivity contribution in [1.82, 2.24) is 14.8 Å². The number of amides is 1. The lowest BCUT2D eigenvalue weighted by Gasteiger charge is -2.13. The second-order valence-corrected chi connectivity index (χ2v) is 11.1. The minimum absolute atomic E-state index is 0.0415. The molecular formula is C22H23ClN4O4S. The van der Waals surface area contributed by atoms with Gasteiger partial charge in [0.25, 0.3) is 5.91 Å². The molecule has 1 atom stereocenters. The van der Waals surface area contributed by atoms with Crippen LogP contribution in [0.2, 0.25) is 5.02 Å². The highest BCUT2D eigenvalue weighted by Crippen LogP contribution is 2.41. The molecule has 10 heteroatoms. The molecule has 0 spiro atoms. The Hall–Kier alpha value is -2.65. The summed E-state index contributed by atoms with van der Waals surface area (Å²) < 4.78 is 31.2. The molecule has 2 fully saturated rings. The first-order valence-corrected chi connectivity index (χ1v) is 12.7. The van der Waals surface area contributed by atoms with Crippen LogP contribution in [0.25, 0.3) is 11.0 Å². The first kappa shape index (κ1) is 21.2. The Labute approximate surface area is 190 Å². The first-order chi connectivity index (χ1) is 15.3. The van der Waals surface area contributed by atoms with E-state index in [-0.39, 0.29) is 23.5 Å². The third-order valence-electron chi connectivity index (χ3n) is 6.06. The molecule has 1 saturated carbocycles. The van der Waals surface area contributed by atoms with E-state index in [1.165, 1.54) is 7.11 Å². The number of hydrogen-bond acceptors (Lipinski definition) is 6. The number of methoxy groups -OCH3 is 1. The van der Waals surface area contributed by atoms with Crippen molar-refractivity contribution in [3.8, 4) is 5.75 Å². The third-order valence-corrected chi connectivity index (χ3v) is 8.05. The molecule has 1 aliphatic heterocycles. The van der Waals surface area contributed by atoms with Gasteiger partial charge in [-0.15, -0.1) is 0 Å². The molecule has 3 aromatic rings. The topological polar surface area (TPSA) is 103 Å². The monoisotopic (exact) mass is 474 g/mol. The quantitative estimate of drug-likeness (QED) is 0.601. The Bertz CT molecular complexity index is 1350. The van der Waals surface area contributed by atoms with Gasteiger partial charge in [0, 0.05) is 16.6 Å². The van der Waals surface area contributed by atoms with Gasteiger partial charge in [-0.1, -0.05) is 11.6 Å². The van der Waals surface area contributed by atoms with E-state index in [4.69, 9.17) is 21.3 Å². The standard InChI is InChI=1S/C22H23ClN4O4S/c1-12-20-16(22(28)25-18-9-14(23)5-6-19(18)31-2)10-17(13-3-4-13)24-21(20)27(26-12)15-7-8-32(29,30)11-15/h5-6,9-10,13,15H,3-4,7-8,11H2,1-2H3,(H,25,28). The lowest BCUT2D eigenvalue weighted by atomic mass is 10.1. The van der Waals surface area contributed by atoms with Crippen LogP contribution in [0.5, 0.6) is 5.75 Å². The smallest absolute Gasteiger partial charge is 0.256 e. The van der Waals surface area contributed by atoms with E-state index in [0.717, 1.165) is 18.5 Å². The Morgan fingerprint density at radius 1 is 1.25 bits per heavy atom. The summed E-state index contributed by atoms with van der Waals surface area (Å²) in [7, 11) is -1.56. The number of aromatic nitrogens is 3. The number of nitrogens with zero attached hydrogens (tertiary/aromatic N) is 3. The summed E-state index contributed by atoms with van der Waals surface area (Å²) in [5.74, 6) is 0.672. The summed E-state index contributed by atoms with van der Waals surface area (Å²) in [6.45, 7) is 1.82. The number of aryl methyl sites for hydroxylation is 1. The largest absolute Gasteiger partial charge is 0.495 e. The van der Waals surface area contributed by atoms with Crippen LogP contribution in [0, 0.1) is 6.92 Å².